The van der Waals surface area contributed by atoms with E-state index in [9.17, 15) is 14.7 Å². The quantitative estimate of drug-likeness (QED) is 0.684. The number of carboxylic acids is 1. The molecule has 0 fully saturated rings. The molecule has 1 rings (SSSR count). The maximum absolute atomic E-state index is 12.3. The number of carboxylic acid groups (broad SMARTS) is 1. The fraction of sp³-hybridized carbons (Fsp3) is 0.500. The summed E-state index contributed by atoms with van der Waals surface area (Å²) in [5.74, 6) is -1.58. The van der Waals surface area contributed by atoms with Crippen LogP contribution in [-0.2, 0) is 14.3 Å². The molecule has 2 atom stereocenters. The molecule has 0 radical (unpaired) electrons. The van der Waals surface area contributed by atoms with Gasteiger partial charge in [-0.05, 0) is 24.8 Å². The van der Waals surface area contributed by atoms with Gasteiger partial charge in [0.2, 0.25) is 5.91 Å². The predicted octanol–water partition coefficient (Wildman–Crippen LogP) is 2.18. The first-order valence-corrected chi connectivity index (χ1v) is 7.17. The van der Waals surface area contributed by atoms with Crippen LogP contribution in [0.5, 0.6) is 0 Å². The summed E-state index contributed by atoms with van der Waals surface area (Å²) >= 11 is 0. The van der Waals surface area contributed by atoms with E-state index >= 15 is 0 Å². The zero-order valence-electron chi connectivity index (χ0n) is 12.5. The molecule has 2 N–H and O–H groups in total. The summed E-state index contributed by atoms with van der Waals surface area (Å²) < 4.78 is 4.91. The summed E-state index contributed by atoms with van der Waals surface area (Å²) in [5.41, 5.74) is 0.901. The van der Waals surface area contributed by atoms with Crippen molar-refractivity contribution in [2.75, 3.05) is 13.7 Å². The lowest BCUT2D eigenvalue weighted by Crippen LogP contribution is -2.43. The van der Waals surface area contributed by atoms with Gasteiger partial charge in [0.1, 0.15) is 6.04 Å². The van der Waals surface area contributed by atoms with Crippen LogP contribution >= 0.6 is 0 Å². The third kappa shape index (κ3) is 5.55. The number of amides is 1. The van der Waals surface area contributed by atoms with E-state index < -0.39 is 12.0 Å². The first-order chi connectivity index (χ1) is 10.1. The molecule has 0 saturated heterocycles. The van der Waals surface area contributed by atoms with Crippen molar-refractivity contribution in [3.05, 3.63) is 35.9 Å². The van der Waals surface area contributed by atoms with E-state index in [0.29, 0.717) is 25.9 Å². The van der Waals surface area contributed by atoms with E-state index in [-0.39, 0.29) is 11.8 Å². The molecule has 5 heteroatoms. The van der Waals surface area contributed by atoms with Gasteiger partial charge < -0.3 is 15.2 Å². The molecule has 1 aromatic carbocycles. The fourth-order valence-corrected chi connectivity index (χ4v) is 2.22. The number of benzene rings is 1. The van der Waals surface area contributed by atoms with E-state index in [1.807, 2.05) is 37.3 Å². The zero-order chi connectivity index (χ0) is 15.7. The van der Waals surface area contributed by atoms with Crippen LogP contribution in [-0.4, -0.2) is 36.7 Å². The van der Waals surface area contributed by atoms with Gasteiger partial charge in [-0.15, -0.1) is 0 Å². The molecule has 0 aromatic heterocycles. The average Bonchev–Trinajstić information content (AvgIpc) is 2.48. The standard InChI is InChI=1S/C16H23NO4/c1-3-13(12-8-5-4-6-9-12)15(18)17-14(16(19)20)10-7-11-21-2/h4-6,8-9,13-14H,3,7,10-11H2,1-2H3,(H,17,18)(H,19,20). The van der Waals surface area contributed by atoms with Crippen molar-refractivity contribution >= 4 is 11.9 Å². The van der Waals surface area contributed by atoms with Crippen LogP contribution in [0, 0.1) is 0 Å². The topological polar surface area (TPSA) is 75.6 Å². The second-order valence-electron chi connectivity index (χ2n) is 4.91. The predicted molar refractivity (Wildman–Crippen MR) is 80.2 cm³/mol. The molecular weight excluding hydrogens is 270 g/mol. The third-order valence-electron chi connectivity index (χ3n) is 3.38. The molecule has 1 amide bonds. The highest BCUT2D eigenvalue weighted by atomic mass is 16.5. The van der Waals surface area contributed by atoms with E-state index in [2.05, 4.69) is 5.32 Å². The van der Waals surface area contributed by atoms with E-state index in [4.69, 9.17) is 4.74 Å². The Labute approximate surface area is 125 Å². The van der Waals surface area contributed by atoms with Gasteiger partial charge in [0, 0.05) is 13.7 Å². The van der Waals surface area contributed by atoms with E-state index in [1.54, 1.807) is 7.11 Å². The van der Waals surface area contributed by atoms with Gasteiger partial charge in [0.15, 0.2) is 0 Å². The molecule has 0 heterocycles. The summed E-state index contributed by atoms with van der Waals surface area (Å²) in [7, 11) is 1.57. The molecule has 0 spiro atoms. The normalized spacial score (nSPS) is 13.4. The van der Waals surface area contributed by atoms with Crippen LogP contribution in [0.15, 0.2) is 30.3 Å². The van der Waals surface area contributed by atoms with Crippen LogP contribution in [0.1, 0.15) is 37.7 Å². The van der Waals surface area contributed by atoms with E-state index in [1.165, 1.54) is 0 Å². The van der Waals surface area contributed by atoms with Crippen molar-refractivity contribution in [1.29, 1.82) is 0 Å². The third-order valence-corrected chi connectivity index (χ3v) is 3.38. The van der Waals surface area contributed by atoms with Crippen molar-refractivity contribution in [1.82, 2.24) is 5.32 Å². The number of carbonyl (C=O) groups is 2. The Morgan fingerprint density at radius 2 is 1.95 bits per heavy atom. The van der Waals surface area contributed by atoms with Crippen molar-refractivity contribution in [3.63, 3.8) is 0 Å². The Morgan fingerprint density at radius 3 is 2.48 bits per heavy atom. The molecule has 0 aliphatic rings. The minimum Gasteiger partial charge on any atom is -0.480 e. The molecule has 0 aliphatic heterocycles. The van der Waals surface area contributed by atoms with Gasteiger partial charge in [0.25, 0.3) is 0 Å². The summed E-state index contributed by atoms with van der Waals surface area (Å²) in [6, 6.07) is 8.53. The first-order valence-electron chi connectivity index (χ1n) is 7.17. The molecule has 5 nitrogen and oxygen atoms in total. The molecule has 0 saturated carbocycles. The average molecular weight is 293 g/mol. The lowest BCUT2D eigenvalue weighted by atomic mass is 9.95. The highest BCUT2D eigenvalue weighted by Gasteiger charge is 2.24. The Hall–Kier alpha value is -1.88. The molecule has 21 heavy (non-hydrogen) atoms. The fourth-order valence-electron chi connectivity index (χ4n) is 2.22. The number of rotatable bonds is 9. The number of hydrogen-bond acceptors (Lipinski definition) is 3. The Bertz CT molecular complexity index is 447. The summed E-state index contributed by atoms with van der Waals surface area (Å²) in [5, 5.41) is 11.8. The Morgan fingerprint density at radius 1 is 1.29 bits per heavy atom. The van der Waals surface area contributed by atoms with Gasteiger partial charge >= 0.3 is 5.97 Å². The summed E-state index contributed by atoms with van der Waals surface area (Å²) in [4.78, 5) is 23.5. The number of ether oxygens (including phenoxy) is 1. The zero-order valence-corrected chi connectivity index (χ0v) is 12.5. The first kappa shape index (κ1) is 17.2. The molecule has 0 aliphatic carbocycles. The van der Waals surface area contributed by atoms with Crippen molar-refractivity contribution in [2.24, 2.45) is 0 Å². The molecular formula is C16H23NO4. The molecule has 0 bridgehead atoms. The van der Waals surface area contributed by atoms with Gasteiger partial charge in [-0.3, -0.25) is 4.79 Å². The number of nitrogens with one attached hydrogen (secondary N) is 1. The van der Waals surface area contributed by atoms with Crippen LogP contribution < -0.4 is 5.32 Å². The maximum atomic E-state index is 12.3. The minimum atomic E-state index is -1.01. The van der Waals surface area contributed by atoms with Gasteiger partial charge in [-0.1, -0.05) is 37.3 Å². The van der Waals surface area contributed by atoms with Crippen LogP contribution in [0.3, 0.4) is 0 Å². The van der Waals surface area contributed by atoms with Crippen LogP contribution in [0.2, 0.25) is 0 Å². The maximum Gasteiger partial charge on any atom is 0.326 e. The van der Waals surface area contributed by atoms with Crippen molar-refractivity contribution < 1.29 is 19.4 Å². The second kappa shape index (κ2) is 9.13. The largest absolute Gasteiger partial charge is 0.480 e. The number of carbonyl (C=O) groups excluding carboxylic acids is 1. The van der Waals surface area contributed by atoms with Gasteiger partial charge in [0.05, 0.1) is 5.92 Å². The second-order valence-corrected chi connectivity index (χ2v) is 4.91. The Balaban J connectivity index is 2.68. The van der Waals surface area contributed by atoms with Crippen molar-refractivity contribution in [2.45, 2.75) is 38.1 Å². The summed E-state index contributed by atoms with van der Waals surface area (Å²) in [6.45, 7) is 2.40. The highest BCUT2D eigenvalue weighted by molar-refractivity contribution is 5.88. The monoisotopic (exact) mass is 293 g/mol. The molecule has 1 aromatic rings. The molecule has 116 valence electrons. The van der Waals surface area contributed by atoms with Gasteiger partial charge in [-0.25, -0.2) is 4.79 Å². The van der Waals surface area contributed by atoms with Crippen LogP contribution in [0.25, 0.3) is 0 Å². The SMILES string of the molecule is CCC(C(=O)NC(CCCOC)C(=O)O)c1ccccc1. The molecule has 2 unspecified atom stereocenters. The number of aliphatic carboxylic acids is 1. The lowest BCUT2D eigenvalue weighted by Gasteiger charge is -2.19. The van der Waals surface area contributed by atoms with Gasteiger partial charge in [-0.2, -0.15) is 0 Å². The smallest absolute Gasteiger partial charge is 0.326 e. The number of methoxy groups -OCH3 is 1. The van der Waals surface area contributed by atoms with E-state index in [0.717, 1.165) is 5.56 Å². The minimum absolute atomic E-state index is 0.242. The van der Waals surface area contributed by atoms with Crippen molar-refractivity contribution in [3.8, 4) is 0 Å². The Kier molecular flexibility index (Phi) is 7.46. The van der Waals surface area contributed by atoms with Crippen LogP contribution in [0.4, 0.5) is 0 Å². The summed E-state index contributed by atoms with van der Waals surface area (Å²) in [6.07, 6.45) is 1.58. The lowest BCUT2D eigenvalue weighted by molar-refractivity contribution is -0.142. The number of hydrogen-bond donors (Lipinski definition) is 2. The highest BCUT2D eigenvalue weighted by Crippen LogP contribution is 2.19.